The number of likely N-dealkylation sites (N-methyl/N-ethyl adjacent to an activating group) is 2. The van der Waals surface area contributed by atoms with Crippen LogP contribution in [0.4, 0.5) is 0 Å². The molecular weight excluding hydrogens is 518 g/mol. The third kappa shape index (κ3) is 12.7. The van der Waals surface area contributed by atoms with Crippen LogP contribution < -0.4 is 0 Å². The van der Waals surface area contributed by atoms with E-state index >= 15 is 0 Å². The second-order valence-electron chi connectivity index (χ2n) is 10.6. The minimum Gasteiger partial charge on any atom is -0.748 e. The summed E-state index contributed by atoms with van der Waals surface area (Å²) in [6, 6.07) is 0.681. The number of nitrogens with zero attached hydrogens (tertiary/aromatic N) is 3. The molecule has 3 aliphatic heterocycles. The molecule has 208 valence electrons. The first kappa shape index (κ1) is 31.0. The Labute approximate surface area is 212 Å². The Kier molecular flexibility index (Phi) is 11.6. The molecule has 0 N–H and O–H groups in total. The monoisotopic (exact) mass is 561 g/mol. The van der Waals surface area contributed by atoms with Crippen LogP contribution in [-0.4, -0.2) is 153 Å². The maximum absolute atomic E-state index is 11.1. The van der Waals surface area contributed by atoms with Gasteiger partial charge in [-0.15, -0.1) is 0 Å². The Morgan fingerprint density at radius 3 is 1.66 bits per heavy atom. The molecule has 0 spiro atoms. The van der Waals surface area contributed by atoms with Crippen LogP contribution in [0.3, 0.4) is 0 Å². The molecule has 35 heavy (non-hydrogen) atoms. The van der Waals surface area contributed by atoms with Crippen molar-refractivity contribution in [1.29, 1.82) is 0 Å². The van der Waals surface area contributed by atoms with E-state index in [9.17, 15) is 25.9 Å². The van der Waals surface area contributed by atoms with Crippen LogP contribution in [0.15, 0.2) is 0 Å². The van der Waals surface area contributed by atoms with Gasteiger partial charge in [0, 0.05) is 56.4 Å². The van der Waals surface area contributed by atoms with Crippen molar-refractivity contribution in [2.24, 2.45) is 0 Å². The highest BCUT2D eigenvalue weighted by atomic mass is 32.2. The van der Waals surface area contributed by atoms with Gasteiger partial charge in [-0.3, -0.25) is 4.90 Å². The molecule has 0 aromatic rings. The Morgan fingerprint density at radius 2 is 1.17 bits per heavy atom. The minimum atomic E-state index is -4.28. The first-order valence-electron chi connectivity index (χ1n) is 12.3. The van der Waals surface area contributed by atoms with Crippen molar-refractivity contribution in [2.45, 2.75) is 25.3 Å². The normalized spacial score (nSPS) is 26.0. The molecular formula is C20H43N3O9S2Si. The van der Waals surface area contributed by atoms with E-state index in [-0.39, 0.29) is 18.6 Å². The summed E-state index contributed by atoms with van der Waals surface area (Å²) in [5, 5.41) is 0. The van der Waals surface area contributed by atoms with Gasteiger partial charge in [0.25, 0.3) is 0 Å². The minimum absolute atomic E-state index is 0.270. The summed E-state index contributed by atoms with van der Waals surface area (Å²) >= 11 is 0. The Morgan fingerprint density at radius 1 is 0.714 bits per heavy atom. The molecule has 0 aromatic heterocycles. The van der Waals surface area contributed by atoms with E-state index in [0.29, 0.717) is 61.0 Å². The van der Waals surface area contributed by atoms with Gasteiger partial charge in [0.05, 0.1) is 80.8 Å². The molecule has 0 saturated carbocycles. The maximum Gasteiger partial charge on any atom is 0.501 e. The summed E-state index contributed by atoms with van der Waals surface area (Å²) in [6.07, 6.45) is 1.33. The molecule has 0 amide bonds. The standard InChI is InChI=1S/C20H43N3O9S2Si/c1-22(2,10-4-18-33(24,25)26)13-14-23(3,11-5-19-34(27,28)29)12-6-20-35-30-15-7-21(8-16-31-35)9-17-32-35/h4-20H2,1-3H3. The van der Waals surface area contributed by atoms with Crippen LogP contribution in [0.2, 0.25) is 6.04 Å². The molecule has 1 unspecified atom stereocenters. The van der Waals surface area contributed by atoms with E-state index < -0.39 is 34.8 Å². The average Bonchev–Trinajstić information content (AvgIpc) is 2.65. The van der Waals surface area contributed by atoms with E-state index in [4.69, 9.17) is 13.3 Å². The third-order valence-corrected chi connectivity index (χ3v) is 11.3. The lowest BCUT2D eigenvalue weighted by Crippen LogP contribution is -2.56. The van der Waals surface area contributed by atoms with Crippen molar-refractivity contribution >= 4 is 29.0 Å². The first-order chi connectivity index (χ1) is 16.1. The third-order valence-electron chi connectivity index (χ3n) is 6.86. The van der Waals surface area contributed by atoms with Crippen molar-refractivity contribution in [3.8, 4) is 0 Å². The van der Waals surface area contributed by atoms with Crippen molar-refractivity contribution in [3.05, 3.63) is 0 Å². The van der Waals surface area contributed by atoms with Gasteiger partial charge in [0.2, 0.25) is 0 Å². The lowest BCUT2D eigenvalue weighted by atomic mass is 10.2. The summed E-state index contributed by atoms with van der Waals surface area (Å²) in [4.78, 5) is 2.27. The Hall–Kier alpha value is -0.203. The van der Waals surface area contributed by atoms with Gasteiger partial charge in [0.15, 0.2) is 0 Å². The van der Waals surface area contributed by atoms with Gasteiger partial charge in [-0.2, -0.15) is 0 Å². The summed E-state index contributed by atoms with van der Waals surface area (Å²) in [7, 11) is -5.26. The molecule has 1 atom stereocenters. The van der Waals surface area contributed by atoms with E-state index in [2.05, 4.69) is 11.9 Å². The maximum atomic E-state index is 11.1. The van der Waals surface area contributed by atoms with Crippen LogP contribution in [-0.2, 0) is 33.5 Å². The quantitative estimate of drug-likeness (QED) is 0.140. The van der Waals surface area contributed by atoms with Gasteiger partial charge in [-0.05, 0) is 0 Å². The second-order valence-corrected chi connectivity index (χ2v) is 16.4. The van der Waals surface area contributed by atoms with Crippen LogP contribution >= 0.6 is 0 Å². The van der Waals surface area contributed by atoms with Gasteiger partial charge >= 0.3 is 8.80 Å². The predicted molar refractivity (Wildman–Crippen MR) is 130 cm³/mol. The molecule has 12 nitrogen and oxygen atoms in total. The van der Waals surface area contributed by atoms with Crippen LogP contribution in [0.5, 0.6) is 0 Å². The fraction of sp³-hybridized carbons (Fsp3) is 1.00. The van der Waals surface area contributed by atoms with Gasteiger partial charge < -0.3 is 31.3 Å². The SMILES string of the molecule is C[N+](C)(CCCS(=O)(=O)[O-])CC[N+](C)(CCC[Si]12OCCN(CCO1)CCO2)CCCS(=O)(=O)[O-]. The Balaban J connectivity index is 1.96. The zero-order valence-corrected chi connectivity index (χ0v) is 24.0. The molecule has 2 bridgehead atoms. The predicted octanol–water partition coefficient (Wildman–Crippen LogP) is -0.912. The molecule has 3 aliphatic rings. The van der Waals surface area contributed by atoms with Crippen LogP contribution in [0.25, 0.3) is 0 Å². The van der Waals surface area contributed by atoms with Gasteiger partial charge in [0.1, 0.15) is 13.1 Å². The van der Waals surface area contributed by atoms with Crippen molar-refractivity contribution in [2.75, 3.05) is 105 Å². The number of rotatable bonds is 15. The number of hydrogen-bond acceptors (Lipinski definition) is 10. The average molecular weight is 562 g/mol. The molecule has 0 aromatic carbocycles. The molecule has 3 rings (SSSR count). The van der Waals surface area contributed by atoms with Gasteiger partial charge in [-0.1, -0.05) is 0 Å². The lowest BCUT2D eigenvalue weighted by molar-refractivity contribution is -0.955. The molecule has 3 saturated heterocycles. The van der Waals surface area contributed by atoms with Crippen LogP contribution in [0.1, 0.15) is 19.3 Å². The second kappa shape index (κ2) is 13.0. The highest BCUT2D eigenvalue weighted by Crippen LogP contribution is 2.23. The van der Waals surface area contributed by atoms with Crippen molar-refractivity contribution in [3.63, 3.8) is 0 Å². The van der Waals surface area contributed by atoms with Gasteiger partial charge in [-0.25, -0.2) is 16.8 Å². The lowest BCUT2D eigenvalue weighted by Gasteiger charge is -2.40. The fourth-order valence-corrected chi connectivity index (χ4v) is 8.04. The van der Waals surface area contributed by atoms with E-state index in [1.807, 2.05) is 14.1 Å². The van der Waals surface area contributed by atoms with E-state index in [1.54, 1.807) is 0 Å². The highest BCUT2D eigenvalue weighted by Gasteiger charge is 2.44. The molecule has 0 aliphatic carbocycles. The Bertz CT molecular complexity index is 847. The largest absolute Gasteiger partial charge is 0.748 e. The summed E-state index contributed by atoms with van der Waals surface area (Å²) in [6.45, 7) is 7.62. The smallest absolute Gasteiger partial charge is 0.501 e. The topological polar surface area (TPSA) is 145 Å². The summed E-state index contributed by atoms with van der Waals surface area (Å²) in [5.74, 6) is -0.780. The zero-order valence-electron chi connectivity index (χ0n) is 21.4. The molecule has 0 radical (unpaired) electrons. The first-order valence-corrected chi connectivity index (χ1v) is 17.4. The molecule has 15 heteroatoms. The van der Waals surface area contributed by atoms with E-state index in [0.717, 1.165) is 32.6 Å². The fourth-order valence-electron chi connectivity index (χ4n) is 4.60. The zero-order chi connectivity index (χ0) is 26.2. The number of hydrogen-bond donors (Lipinski definition) is 0. The molecule has 3 fully saturated rings. The molecule has 3 heterocycles. The number of quaternary nitrogens is 2. The summed E-state index contributed by atoms with van der Waals surface area (Å²) < 4.78 is 85.7. The van der Waals surface area contributed by atoms with Crippen LogP contribution in [0, 0.1) is 0 Å². The van der Waals surface area contributed by atoms with Crippen molar-refractivity contribution < 1.29 is 48.2 Å². The van der Waals surface area contributed by atoms with E-state index in [1.165, 1.54) is 0 Å². The highest BCUT2D eigenvalue weighted by molar-refractivity contribution is 7.85. The summed E-state index contributed by atoms with van der Waals surface area (Å²) in [5.41, 5.74) is 0. The van der Waals surface area contributed by atoms with Crippen molar-refractivity contribution in [1.82, 2.24) is 4.90 Å². The number of fused-ring (bicyclic) bond motifs is 6.